The first-order chi connectivity index (χ1) is 9.51. The van der Waals surface area contributed by atoms with Gasteiger partial charge in [-0.2, -0.15) is 0 Å². The Balaban J connectivity index is 2.41. The Labute approximate surface area is 115 Å². The molecular weight excluding hydrogens is 260 g/mol. The maximum atomic E-state index is 11.0. The molecule has 2 rings (SSSR count). The first-order valence-corrected chi connectivity index (χ1v) is 5.86. The average molecular weight is 272 g/mol. The van der Waals surface area contributed by atoms with Crippen molar-refractivity contribution in [3.05, 3.63) is 57.3 Å². The van der Waals surface area contributed by atoms with E-state index in [1.165, 1.54) is 12.3 Å². The summed E-state index contributed by atoms with van der Waals surface area (Å²) in [5.41, 5.74) is 1.77. The van der Waals surface area contributed by atoms with Gasteiger partial charge in [0.1, 0.15) is 0 Å². The van der Waals surface area contributed by atoms with Crippen molar-refractivity contribution in [2.45, 2.75) is 13.8 Å². The Morgan fingerprint density at radius 3 is 2.65 bits per heavy atom. The molecule has 1 aromatic heterocycles. The summed E-state index contributed by atoms with van der Waals surface area (Å²) in [6, 6.07) is 6.21. The lowest BCUT2D eigenvalue weighted by Gasteiger charge is -2.08. The summed E-state index contributed by atoms with van der Waals surface area (Å²) in [6.07, 6.45) is 2.04. The molecule has 0 fully saturated rings. The van der Waals surface area contributed by atoms with Crippen molar-refractivity contribution in [1.29, 1.82) is 0 Å². The van der Waals surface area contributed by atoms with Crippen molar-refractivity contribution in [3.63, 3.8) is 0 Å². The predicted octanol–water partition coefficient (Wildman–Crippen LogP) is 3.21. The SMILES string of the molecule is Cc1ccc([N+](=O)[O-])c(Oc2ncc(C=O)cc2C)c1. The molecule has 1 heterocycles. The second-order valence-corrected chi connectivity index (χ2v) is 4.34. The van der Waals surface area contributed by atoms with Crippen LogP contribution in [0.2, 0.25) is 0 Å². The smallest absolute Gasteiger partial charge is 0.311 e. The van der Waals surface area contributed by atoms with E-state index in [2.05, 4.69) is 4.98 Å². The minimum absolute atomic E-state index is 0.128. The summed E-state index contributed by atoms with van der Waals surface area (Å²) in [4.78, 5) is 25.1. The Kier molecular flexibility index (Phi) is 3.74. The van der Waals surface area contributed by atoms with Crippen LogP contribution in [0.1, 0.15) is 21.5 Å². The van der Waals surface area contributed by atoms with E-state index in [4.69, 9.17) is 4.74 Å². The molecule has 0 amide bonds. The molecule has 0 aliphatic heterocycles. The number of ether oxygens (including phenoxy) is 1. The molecule has 102 valence electrons. The van der Waals surface area contributed by atoms with Crippen LogP contribution in [0.3, 0.4) is 0 Å². The van der Waals surface area contributed by atoms with Gasteiger partial charge in [-0.1, -0.05) is 6.07 Å². The highest BCUT2D eigenvalue weighted by Crippen LogP contribution is 2.32. The number of rotatable bonds is 4. The molecule has 0 spiro atoms. The molecule has 0 saturated carbocycles. The highest BCUT2D eigenvalue weighted by molar-refractivity contribution is 5.74. The average Bonchev–Trinajstić information content (AvgIpc) is 2.40. The standard InChI is InChI=1S/C14H12N2O4/c1-9-3-4-12(16(18)19)13(5-9)20-14-10(2)6-11(8-17)7-15-14/h3-8H,1-2H3. The number of hydrogen-bond donors (Lipinski definition) is 0. The largest absolute Gasteiger partial charge is 0.432 e. The molecule has 6 heteroatoms. The molecule has 1 aromatic carbocycles. The minimum atomic E-state index is -0.510. The van der Waals surface area contributed by atoms with Gasteiger partial charge in [0, 0.05) is 23.4 Å². The Hall–Kier alpha value is -2.76. The summed E-state index contributed by atoms with van der Waals surface area (Å²) in [7, 11) is 0. The van der Waals surface area contributed by atoms with E-state index in [1.807, 2.05) is 6.92 Å². The molecule has 20 heavy (non-hydrogen) atoms. The summed E-state index contributed by atoms with van der Waals surface area (Å²) >= 11 is 0. The molecule has 0 saturated heterocycles. The van der Waals surface area contributed by atoms with E-state index in [0.717, 1.165) is 5.56 Å². The fourth-order valence-electron chi connectivity index (χ4n) is 1.71. The normalized spacial score (nSPS) is 10.1. The van der Waals surface area contributed by atoms with Crippen LogP contribution < -0.4 is 4.74 Å². The third kappa shape index (κ3) is 2.80. The minimum Gasteiger partial charge on any atom is -0.432 e. The number of hydrogen-bond acceptors (Lipinski definition) is 5. The summed E-state index contributed by atoms with van der Waals surface area (Å²) in [6.45, 7) is 3.53. The third-order valence-corrected chi connectivity index (χ3v) is 2.71. The van der Waals surface area contributed by atoms with Crippen LogP contribution >= 0.6 is 0 Å². The second kappa shape index (κ2) is 5.48. The molecule has 0 radical (unpaired) electrons. The van der Waals surface area contributed by atoms with Gasteiger partial charge < -0.3 is 4.74 Å². The Morgan fingerprint density at radius 2 is 2.05 bits per heavy atom. The molecule has 2 aromatic rings. The van der Waals surface area contributed by atoms with Crippen LogP contribution in [0.4, 0.5) is 5.69 Å². The lowest BCUT2D eigenvalue weighted by molar-refractivity contribution is -0.385. The zero-order valence-electron chi connectivity index (χ0n) is 11.0. The third-order valence-electron chi connectivity index (χ3n) is 2.71. The number of carbonyl (C=O) groups excluding carboxylic acids is 1. The number of aldehydes is 1. The molecule has 0 N–H and O–H groups in total. The molecule has 0 unspecified atom stereocenters. The number of nitrogens with zero attached hydrogens (tertiary/aromatic N) is 2. The van der Waals surface area contributed by atoms with E-state index < -0.39 is 4.92 Å². The first kappa shape index (κ1) is 13.7. The maximum Gasteiger partial charge on any atom is 0.311 e. The highest BCUT2D eigenvalue weighted by atomic mass is 16.6. The fraction of sp³-hybridized carbons (Fsp3) is 0.143. The van der Waals surface area contributed by atoms with Crippen LogP contribution in [0.25, 0.3) is 0 Å². The van der Waals surface area contributed by atoms with Gasteiger partial charge in [0.05, 0.1) is 4.92 Å². The monoisotopic (exact) mass is 272 g/mol. The van der Waals surface area contributed by atoms with E-state index >= 15 is 0 Å². The molecular formula is C14H12N2O4. The quantitative estimate of drug-likeness (QED) is 0.485. The Bertz CT molecular complexity index is 683. The number of carbonyl (C=O) groups is 1. The molecule has 0 atom stereocenters. The molecule has 0 bridgehead atoms. The lowest BCUT2D eigenvalue weighted by atomic mass is 10.2. The number of aromatic nitrogens is 1. The predicted molar refractivity (Wildman–Crippen MR) is 72.3 cm³/mol. The summed E-state index contributed by atoms with van der Waals surface area (Å²) in [5, 5.41) is 11.0. The molecule has 0 aliphatic rings. The van der Waals surface area contributed by atoms with Gasteiger partial charge in [0.15, 0.2) is 6.29 Å². The summed E-state index contributed by atoms with van der Waals surface area (Å²) in [5.74, 6) is 0.369. The van der Waals surface area contributed by atoms with Gasteiger partial charge in [0.25, 0.3) is 0 Å². The molecule has 6 nitrogen and oxygen atoms in total. The van der Waals surface area contributed by atoms with Gasteiger partial charge in [-0.05, 0) is 31.5 Å². The van der Waals surface area contributed by atoms with Gasteiger partial charge >= 0.3 is 5.69 Å². The van der Waals surface area contributed by atoms with Gasteiger partial charge in [-0.15, -0.1) is 0 Å². The van der Waals surface area contributed by atoms with Crippen molar-refractivity contribution < 1.29 is 14.5 Å². The summed E-state index contributed by atoms with van der Waals surface area (Å²) < 4.78 is 5.51. The van der Waals surface area contributed by atoms with E-state index in [1.54, 1.807) is 25.1 Å². The van der Waals surface area contributed by atoms with Crippen LogP contribution in [0, 0.1) is 24.0 Å². The first-order valence-electron chi connectivity index (χ1n) is 5.86. The van der Waals surface area contributed by atoms with Gasteiger partial charge in [-0.25, -0.2) is 4.98 Å². The van der Waals surface area contributed by atoms with Crippen LogP contribution in [0.5, 0.6) is 11.6 Å². The zero-order valence-corrected chi connectivity index (χ0v) is 11.0. The van der Waals surface area contributed by atoms with Crippen molar-refractivity contribution in [2.75, 3.05) is 0 Å². The van der Waals surface area contributed by atoms with Gasteiger partial charge in [0.2, 0.25) is 11.6 Å². The van der Waals surface area contributed by atoms with E-state index in [9.17, 15) is 14.9 Å². The van der Waals surface area contributed by atoms with Crippen molar-refractivity contribution in [3.8, 4) is 11.6 Å². The van der Waals surface area contributed by atoms with E-state index in [0.29, 0.717) is 17.4 Å². The lowest BCUT2D eigenvalue weighted by Crippen LogP contribution is -1.97. The number of pyridine rings is 1. The highest BCUT2D eigenvalue weighted by Gasteiger charge is 2.17. The fourth-order valence-corrected chi connectivity index (χ4v) is 1.71. The number of benzene rings is 1. The topological polar surface area (TPSA) is 82.3 Å². The molecule has 0 aliphatic carbocycles. The second-order valence-electron chi connectivity index (χ2n) is 4.34. The van der Waals surface area contributed by atoms with Crippen LogP contribution in [0.15, 0.2) is 30.5 Å². The van der Waals surface area contributed by atoms with Crippen molar-refractivity contribution in [2.24, 2.45) is 0 Å². The van der Waals surface area contributed by atoms with Crippen LogP contribution in [-0.4, -0.2) is 16.2 Å². The maximum absolute atomic E-state index is 11.0. The van der Waals surface area contributed by atoms with Gasteiger partial charge in [-0.3, -0.25) is 14.9 Å². The number of nitro benzene ring substituents is 1. The van der Waals surface area contributed by atoms with Crippen LogP contribution in [-0.2, 0) is 0 Å². The Morgan fingerprint density at radius 1 is 1.30 bits per heavy atom. The van der Waals surface area contributed by atoms with Crippen molar-refractivity contribution in [1.82, 2.24) is 4.98 Å². The zero-order chi connectivity index (χ0) is 14.7. The van der Waals surface area contributed by atoms with E-state index in [-0.39, 0.29) is 17.3 Å². The number of aryl methyl sites for hydroxylation is 2. The van der Waals surface area contributed by atoms with Crippen molar-refractivity contribution >= 4 is 12.0 Å². The number of nitro groups is 1.